The van der Waals surface area contributed by atoms with Gasteiger partial charge in [-0.15, -0.1) is 0 Å². The average molecular weight is 405 g/mol. The van der Waals surface area contributed by atoms with Crippen LogP contribution in [0.4, 0.5) is 5.69 Å². The number of rotatable bonds is 5. The summed E-state index contributed by atoms with van der Waals surface area (Å²) in [5.41, 5.74) is 3.03. The van der Waals surface area contributed by atoms with Crippen LogP contribution in [0.3, 0.4) is 0 Å². The molecule has 154 valence electrons. The Bertz CT molecular complexity index is 1060. The van der Waals surface area contributed by atoms with E-state index in [9.17, 15) is 14.7 Å². The van der Waals surface area contributed by atoms with Gasteiger partial charge in [0, 0.05) is 25.5 Å². The van der Waals surface area contributed by atoms with E-state index < -0.39 is 0 Å². The van der Waals surface area contributed by atoms with Crippen molar-refractivity contribution in [1.29, 1.82) is 0 Å². The minimum Gasteiger partial charge on any atom is -0.506 e. The number of nitrogens with one attached hydrogen (secondary N) is 2. The largest absolute Gasteiger partial charge is 0.506 e. The summed E-state index contributed by atoms with van der Waals surface area (Å²) in [4.78, 5) is 29.1. The highest BCUT2D eigenvalue weighted by Crippen LogP contribution is 2.28. The lowest BCUT2D eigenvalue weighted by Crippen LogP contribution is -2.33. The van der Waals surface area contributed by atoms with Gasteiger partial charge >= 0.3 is 0 Å². The molecule has 4 rings (SSSR count). The monoisotopic (exact) mass is 405 g/mol. The number of carbonyl (C=O) groups is 2. The molecular formula is C22H23N5O3. The first-order valence-corrected chi connectivity index (χ1v) is 9.85. The summed E-state index contributed by atoms with van der Waals surface area (Å²) < 4.78 is 1.84. The van der Waals surface area contributed by atoms with Crippen LogP contribution >= 0.6 is 0 Å². The van der Waals surface area contributed by atoms with Gasteiger partial charge in [-0.2, -0.15) is 5.10 Å². The second-order valence-electron chi connectivity index (χ2n) is 7.46. The Labute approximate surface area is 174 Å². The molecule has 0 aliphatic carbocycles. The van der Waals surface area contributed by atoms with E-state index in [-0.39, 0.29) is 23.5 Å². The van der Waals surface area contributed by atoms with Crippen molar-refractivity contribution in [3.8, 4) is 5.75 Å². The molecule has 3 heterocycles. The average Bonchev–Trinajstić information content (AvgIpc) is 3.18. The number of hydrogen-bond acceptors (Lipinski definition) is 5. The van der Waals surface area contributed by atoms with Crippen molar-refractivity contribution in [1.82, 2.24) is 20.1 Å². The van der Waals surface area contributed by atoms with Crippen LogP contribution in [0.15, 0.2) is 48.9 Å². The zero-order valence-electron chi connectivity index (χ0n) is 16.6. The van der Waals surface area contributed by atoms with E-state index in [1.807, 2.05) is 17.7 Å². The number of nitrogens with zero attached hydrogens (tertiary/aromatic N) is 3. The molecule has 0 fully saturated rings. The summed E-state index contributed by atoms with van der Waals surface area (Å²) in [6.07, 6.45) is 6.23. The first-order chi connectivity index (χ1) is 14.5. The summed E-state index contributed by atoms with van der Waals surface area (Å²) in [7, 11) is 0. The molecular weight excluding hydrogens is 382 g/mol. The van der Waals surface area contributed by atoms with Gasteiger partial charge in [0.25, 0.3) is 11.8 Å². The van der Waals surface area contributed by atoms with E-state index in [1.165, 1.54) is 12.3 Å². The molecule has 2 amide bonds. The quantitative estimate of drug-likeness (QED) is 0.565. The van der Waals surface area contributed by atoms with Crippen LogP contribution in [0.2, 0.25) is 0 Å². The first-order valence-electron chi connectivity index (χ1n) is 9.85. The van der Waals surface area contributed by atoms with Gasteiger partial charge in [0.05, 0.1) is 28.7 Å². The molecule has 0 bridgehead atoms. The smallest absolute Gasteiger partial charge is 0.259 e. The molecule has 0 saturated carbocycles. The van der Waals surface area contributed by atoms with Crippen LogP contribution in [0.25, 0.3) is 0 Å². The topological polar surface area (TPSA) is 109 Å². The fraction of sp³-hybridized carbons (Fsp3) is 0.273. The van der Waals surface area contributed by atoms with Crippen LogP contribution in [0, 0.1) is 12.8 Å². The SMILES string of the molecule is Cc1cccc(O)c1NC(=O)c1cnn2c1C[C@H](CNC(=O)c1cccnc1)CC2. The number of aryl methyl sites for hydroxylation is 2. The fourth-order valence-corrected chi connectivity index (χ4v) is 3.69. The maximum absolute atomic E-state index is 12.9. The Balaban J connectivity index is 1.43. The number of para-hydroxylation sites is 1. The Morgan fingerprint density at radius 2 is 2.07 bits per heavy atom. The summed E-state index contributed by atoms with van der Waals surface area (Å²) in [6.45, 7) is 3.02. The maximum atomic E-state index is 12.9. The van der Waals surface area contributed by atoms with Crippen molar-refractivity contribution < 1.29 is 14.7 Å². The molecule has 30 heavy (non-hydrogen) atoms. The van der Waals surface area contributed by atoms with Crippen LogP contribution in [0.5, 0.6) is 5.75 Å². The molecule has 1 atom stereocenters. The maximum Gasteiger partial charge on any atom is 0.259 e. The van der Waals surface area contributed by atoms with Crippen molar-refractivity contribution in [3.05, 3.63) is 71.3 Å². The molecule has 1 aromatic carbocycles. The van der Waals surface area contributed by atoms with Crippen molar-refractivity contribution >= 4 is 17.5 Å². The molecule has 0 unspecified atom stereocenters. The number of hydrogen-bond donors (Lipinski definition) is 3. The number of anilines is 1. The Kier molecular flexibility index (Phi) is 5.47. The van der Waals surface area contributed by atoms with Crippen LogP contribution < -0.4 is 10.6 Å². The minimum atomic E-state index is -0.305. The van der Waals surface area contributed by atoms with E-state index in [2.05, 4.69) is 20.7 Å². The zero-order valence-corrected chi connectivity index (χ0v) is 16.6. The molecule has 8 nitrogen and oxygen atoms in total. The van der Waals surface area contributed by atoms with Crippen molar-refractivity contribution in [3.63, 3.8) is 0 Å². The Morgan fingerprint density at radius 3 is 2.83 bits per heavy atom. The predicted octanol–water partition coefficient (Wildman–Crippen LogP) is 2.54. The highest BCUT2D eigenvalue weighted by Gasteiger charge is 2.26. The molecule has 0 saturated heterocycles. The van der Waals surface area contributed by atoms with Crippen molar-refractivity contribution in [2.24, 2.45) is 5.92 Å². The van der Waals surface area contributed by atoms with Crippen molar-refractivity contribution in [2.45, 2.75) is 26.3 Å². The summed E-state index contributed by atoms with van der Waals surface area (Å²) in [5.74, 6) is -0.232. The van der Waals surface area contributed by atoms with Gasteiger partial charge in [0.15, 0.2) is 0 Å². The third-order valence-electron chi connectivity index (χ3n) is 5.39. The van der Waals surface area contributed by atoms with E-state index in [0.717, 1.165) is 17.7 Å². The lowest BCUT2D eigenvalue weighted by Gasteiger charge is -2.24. The minimum absolute atomic E-state index is 0.0281. The van der Waals surface area contributed by atoms with Gasteiger partial charge in [0.1, 0.15) is 5.75 Å². The highest BCUT2D eigenvalue weighted by atomic mass is 16.3. The number of aromatic nitrogens is 3. The standard InChI is InChI=1S/C22H23N5O3/c1-14-4-2-6-19(28)20(14)26-22(30)17-13-25-27-9-7-15(10-18(17)27)11-24-21(29)16-5-3-8-23-12-16/h2-6,8,12-13,15,28H,7,9-11H2,1H3,(H,24,29)(H,26,30)/t15-/m1/s1. The number of fused-ring (bicyclic) bond motifs is 1. The second kappa shape index (κ2) is 8.36. The number of phenolic OH excluding ortho intramolecular Hbond substituents is 1. The van der Waals surface area contributed by atoms with Gasteiger partial charge in [-0.05, 0) is 49.4 Å². The fourth-order valence-electron chi connectivity index (χ4n) is 3.69. The van der Waals surface area contributed by atoms with E-state index >= 15 is 0 Å². The number of benzene rings is 1. The van der Waals surface area contributed by atoms with Gasteiger partial charge < -0.3 is 15.7 Å². The molecule has 3 N–H and O–H groups in total. The van der Waals surface area contributed by atoms with E-state index in [1.54, 1.807) is 30.6 Å². The van der Waals surface area contributed by atoms with Gasteiger partial charge in [-0.25, -0.2) is 0 Å². The number of pyridine rings is 1. The lowest BCUT2D eigenvalue weighted by molar-refractivity contribution is 0.0942. The molecule has 8 heteroatoms. The summed E-state index contributed by atoms with van der Waals surface area (Å²) >= 11 is 0. The summed E-state index contributed by atoms with van der Waals surface area (Å²) in [5, 5.41) is 20.1. The van der Waals surface area contributed by atoms with Crippen LogP contribution in [-0.2, 0) is 13.0 Å². The lowest BCUT2D eigenvalue weighted by atomic mass is 9.94. The molecule has 1 aliphatic rings. The third kappa shape index (κ3) is 4.03. The third-order valence-corrected chi connectivity index (χ3v) is 5.39. The van der Waals surface area contributed by atoms with Crippen LogP contribution in [0.1, 0.15) is 38.4 Å². The predicted molar refractivity (Wildman–Crippen MR) is 111 cm³/mol. The molecule has 1 aliphatic heterocycles. The Hall–Kier alpha value is -3.68. The van der Waals surface area contributed by atoms with Crippen molar-refractivity contribution in [2.75, 3.05) is 11.9 Å². The summed E-state index contributed by atoms with van der Waals surface area (Å²) in [6, 6.07) is 8.54. The zero-order chi connectivity index (χ0) is 21.1. The number of phenols is 1. The first kappa shape index (κ1) is 19.6. The van der Waals surface area contributed by atoms with E-state index in [4.69, 9.17) is 0 Å². The van der Waals surface area contributed by atoms with Gasteiger partial charge in [0.2, 0.25) is 0 Å². The van der Waals surface area contributed by atoms with Crippen LogP contribution in [-0.4, -0.2) is 38.2 Å². The highest BCUT2D eigenvalue weighted by molar-refractivity contribution is 6.06. The van der Waals surface area contributed by atoms with E-state index in [0.29, 0.717) is 36.3 Å². The number of amides is 2. The number of carbonyl (C=O) groups excluding carboxylic acids is 2. The molecule has 3 aromatic rings. The van der Waals surface area contributed by atoms with Gasteiger partial charge in [-0.1, -0.05) is 12.1 Å². The number of aromatic hydroxyl groups is 1. The molecule has 2 aromatic heterocycles. The molecule has 0 spiro atoms. The molecule has 0 radical (unpaired) electrons. The normalized spacial score (nSPS) is 15.3. The Morgan fingerprint density at radius 1 is 1.20 bits per heavy atom. The van der Waals surface area contributed by atoms with Gasteiger partial charge in [-0.3, -0.25) is 19.3 Å². The second-order valence-corrected chi connectivity index (χ2v) is 7.46.